The van der Waals surface area contributed by atoms with Gasteiger partial charge >= 0.3 is 0 Å². The molecule has 0 atom stereocenters. The number of hydrogen-bond donors (Lipinski definition) is 0. The van der Waals surface area contributed by atoms with E-state index in [0.29, 0.717) is 11.8 Å². The summed E-state index contributed by atoms with van der Waals surface area (Å²) in [5, 5.41) is 0. The predicted molar refractivity (Wildman–Crippen MR) is 90.0 cm³/mol. The Kier molecular flexibility index (Phi) is 4.79. The van der Waals surface area contributed by atoms with Crippen LogP contribution in [0.3, 0.4) is 0 Å². The first-order valence-corrected chi connectivity index (χ1v) is 7.44. The van der Waals surface area contributed by atoms with E-state index in [1.807, 2.05) is 0 Å². The summed E-state index contributed by atoms with van der Waals surface area (Å²) >= 11 is 0. The molecule has 2 aromatic rings. The van der Waals surface area contributed by atoms with Crippen molar-refractivity contribution in [2.75, 3.05) is 0 Å². The van der Waals surface area contributed by atoms with E-state index in [4.69, 9.17) is 0 Å². The molecule has 2 rings (SSSR count). The first-order chi connectivity index (χ1) is 9.56. The number of hydrogen-bond acceptors (Lipinski definition) is 0. The number of benzene rings is 2. The van der Waals surface area contributed by atoms with E-state index < -0.39 is 0 Å². The second kappa shape index (κ2) is 6.56. The van der Waals surface area contributed by atoms with Gasteiger partial charge in [0.15, 0.2) is 0 Å². The molecule has 0 unspecified atom stereocenters. The minimum atomic E-state index is 0.594. The third-order valence-corrected chi connectivity index (χ3v) is 3.67. The molecule has 0 saturated carbocycles. The summed E-state index contributed by atoms with van der Waals surface area (Å²) in [7, 11) is 0. The summed E-state index contributed by atoms with van der Waals surface area (Å²) in [6.07, 6.45) is 4.35. The minimum Gasteiger partial charge on any atom is -0.0587 e. The lowest BCUT2D eigenvalue weighted by Gasteiger charge is -2.05. The molecule has 0 heterocycles. The number of rotatable bonds is 4. The first kappa shape index (κ1) is 14.6. The topological polar surface area (TPSA) is 0 Å². The van der Waals surface area contributed by atoms with Gasteiger partial charge in [-0.15, -0.1) is 0 Å². The molecule has 0 aromatic heterocycles. The molecule has 0 nitrogen and oxygen atoms in total. The molecule has 0 aliphatic heterocycles. The van der Waals surface area contributed by atoms with Crippen LogP contribution < -0.4 is 0 Å². The molecule has 0 aliphatic rings. The molecule has 0 amide bonds. The van der Waals surface area contributed by atoms with Crippen LogP contribution in [0.15, 0.2) is 48.5 Å². The second-order valence-electron chi connectivity index (χ2n) is 5.98. The van der Waals surface area contributed by atoms with Gasteiger partial charge in [0.05, 0.1) is 0 Å². The Hall–Kier alpha value is -1.82. The summed E-state index contributed by atoms with van der Waals surface area (Å²) in [6, 6.07) is 17.6. The van der Waals surface area contributed by atoms with E-state index >= 15 is 0 Å². The van der Waals surface area contributed by atoms with Crippen LogP contribution in [0.1, 0.15) is 61.8 Å². The van der Waals surface area contributed by atoms with Crippen molar-refractivity contribution >= 4 is 12.2 Å². The second-order valence-corrected chi connectivity index (χ2v) is 5.98. The summed E-state index contributed by atoms with van der Waals surface area (Å²) in [5.74, 6) is 1.19. The molecular formula is C20H24. The molecular weight excluding hydrogens is 240 g/mol. The van der Waals surface area contributed by atoms with Gasteiger partial charge in [-0.25, -0.2) is 0 Å². The fourth-order valence-electron chi connectivity index (χ4n) is 2.18. The first-order valence-electron chi connectivity index (χ1n) is 7.44. The fourth-order valence-corrected chi connectivity index (χ4v) is 2.18. The van der Waals surface area contributed by atoms with Crippen molar-refractivity contribution in [1.29, 1.82) is 0 Å². The van der Waals surface area contributed by atoms with Crippen molar-refractivity contribution in [3.05, 3.63) is 70.8 Å². The molecule has 0 bridgehead atoms. The molecule has 0 fully saturated rings. The average Bonchev–Trinajstić information content (AvgIpc) is 2.46. The van der Waals surface area contributed by atoms with Crippen LogP contribution in [0, 0.1) is 0 Å². The van der Waals surface area contributed by atoms with Crippen LogP contribution in [0.2, 0.25) is 0 Å². The predicted octanol–water partition coefficient (Wildman–Crippen LogP) is 6.10. The third kappa shape index (κ3) is 3.84. The highest BCUT2D eigenvalue weighted by molar-refractivity contribution is 5.69. The van der Waals surface area contributed by atoms with Crippen LogP contribution >= 0.6 is 0 Å². The molecule has 0 saturated heterocycles. The van der Waals surface area contributed by atoms with E-state index in [1.54, 1.807) is 0 Å². The van der Waals surface area contributed by atoms with E-state index in [0.717, 1.165) is 0 Å². The van der Waals surface area contributed by atoms with E-state index in [9.17, 15) is 0 Å². The van der Waals surface area contributed by atoms with Crippen molar-refractivity contribution in [2.45, 2.75) is 39.5 Å². The SMILES string of the molecule is CC(C)c1ccc(C=Cc2ccc(C(C)C)cc2)cc1. The molecule has 0 heteroatoms. The molecule has 2 aromatic carbocycles. The Balaban J connectivity index is 2.08. The average molecular weight is 264 g/mol. The normalized spacial score (nSPS) is 11.7. The molecule has 0 radical (unpaired) electrons. The minimum absolute atomic E-state index is 0.594. The van der Waals surface area contributed by atoms with Crippen LogP contribution in [0.25, 0.3) is 12.2 Å². The Morgan fingerprint density at radius 1 is 0.550 bits per heavy atom. The highest BCUT2D eigenvalue weighted by atomic mass is 14.0. The van der Waals surface area contributed by atoms with Gasteiger partial charge < -0.3 is 0 Å². The van der Waals surface area contributed by atoms with Crippen LogP contribution in [0.5, 0.6) is 0 Å². The van der Waals surface area contributed by atoms with Crippen molar-refractivity contribution in [3.63, 3.8) is 0 Å². The molecule has 0 aliphatic carbocycles. The van der Waals surface area contributed by atoms with Gasteiger partial charge in [-0.05, 0) is 34.1 Å². The van der Waals surface area contributed by atoms with Crippen molar-refractivity contribution in [1.82, 2.24) is 0 Å². The lowest BCUT2D eigenvalue weighted by molar-refractivity contribution is 0.866. The van der Waals surface area contributed by atoms with Gasteiger partial charge in [0, 0.05) is 0 Å². The van der Waals surface area contributed by atoms with Gasteiger partial charge in [-0.3, -0.25) is 0 Å². The van der Waals surface area contributed by atoms with Gasteiger partial charge in [0.25, 0.3) is 0 Å². The highest BCUT2D eigenvalue weighted by Crippen LogP contribution is 2.18. The fraction of sp³-hybridized carbons (Fsp3) is 0.300. The van der Waals surface area contributed by atoms with Gasteiger partial charge in [0.2, 0.25) is 0 Å². The van der Waals surface area contributed by atoms with Gasteiger partial charge in [0.1, 0.15) is 0 Å². The Morgan fingerprint density at radius 3 is 1.10 bits per heavy atom. The van der Waals surface area contributed by atoms with Crippen molar-refractivity contribution < 1.29 is 0 Å². The lowest BCUT2D eigenvalue weighted by atomic mass is 10.0. The highest BCUT2D eigenvalue weighted by Gasteiger charge is 1.98. The van der Waals surface area contributed by atoms with Gasteiger partial charge in [-0.1, -0.05) is 88.4 Å². The Bertz CT molecular complexity index is 500. The quantitative estimate of drug-likeness (QED) is 0.585. The van der Waals surface area contributed by atoms with E-state index in [2.05, 4.69) is 88.4 Å². The molecule has 20 heavy (non-hydrogen) atoms. The summed E-state index contributed by atoms with van der Waals surface area (Å²) in [5.41, 5.74) is 5.29. The van der Waals surface area contributed by atoms with Gasteiger partial charge in [-0.2, -0.15) is 0 Å². The molecule has 0 N–H and O–H groups in total. The zero-order valence-corrected chi connectivity index (χ0v) is 12.9. The van der Waals surface area contributed by atoms with Crippen LogP contribution in [0.4, 0.5) is 0 Å². The largest absolute Gasteiger partial charge is 0.0587 e. The van der Waals surface area contributed by atoms with Crippen molar-refractivity contribution in [2.24, 2.45) is 0 Å². The monoisotopic (exact) mass is 264 g/mol. The third-order valence-electron chi connectivity index (χ3n) is 3.67. The van der Waals surface area contributed by atoms with E-state index in [-0.39, 0.29) is 0 Å². The maximum atomic E-state index is 2.22. The lowest BCUT2D eigenvalue weighted by Crippen LogP contribution is -1.86. The van der Waals surface area contributed by atoms with E-state index in [1.165, 1.54) is 22.3 Å². The van der Waals surface area contributed by atoms with Crippen LogP contribution in [-0.4, -0.2) is 0 Å². The maximum Gasteiger partial charge on any atom is -0.0219 e. The smallest absolute Gasteiger partial charge is 0.0219 e. The summed E-state index contributed by atoms with van der Waals surface area (Å²) < 4.78 is 0. The standard InChI is InChI=1S/C20H24/c1-15(2)19-11-7-17(8-12-19)5-6-18-9-13-20(14-10-18)16(3)4/h5-16H,1-4H3. The summed E-state index contributed by atoms with van der Waals surface area (Å²) in [4.78, 5) is 0. The summed E-state index contributed by atoms with van der Waals surface area (Å²) in [6.45, 7) is 8.89. The zero-order chi connectivity index (χ0) is 14.5. The Labute approximate surface area is 123 Å². The molecule has 104 valence electrons. The van der Waals surface area contributed by atoms with Crippen LogP contribution in [-0.2, 0) is 0 Å². The zero-order valence-electron chi connectivity index (χ0n) is 12.9. The molecule has 0 spiro atoms. The van der Waals surface area contributed by atoms with Crippen molar-refractivity contribution in [3.8, 4) is 0 Å². The Morgan fingerprint density at radius 2 is 0.850 bits per heavy atom. The maximum absolute atomic E-state index is 2.22.